The lowest BCUT2D eigenvalue weighted by Crippen LogP contribution is -2.53. The van der Waals surface area contributed by atoms with Crippen LogP contribution in [0.3, 0.4) is 0 Å². The third kappa shape index (κ3) is 3.54. The number of hydrogen-bond donors (Lipinski definition) is 0. The first kappa shape index (κ1) is 17.2. The van der Waals surface area contributed by atoms with Crippen molar-refractivity contribution in [3.8, 4) is 5.88 Å². The van der Waals surface area contributed by atoms with Crippen LogP contribution in [0.25, 0.3) is 0 Å². The van der Waals surface area contributed by atoms with Gasteiger partial charge in [0.05, 0.1) is 7.11 Å². The summed E-state index contributed by atoms with van der Waals surface area (Å²) in [6.07, 6.45) is 4.45. The highest BCUT2D eigenvalue weighted by atomic mass is 16.5. The van der Waals surface area contributed by atoms with E-state index >= 15 is 0 Å². The highest BCUT2D eigenvalue weighted by Crippen LogP contribution is 2.33. The van der Waals surface area contributed by atoms with Crippen LogP contribution in [0.5, 0.6) is 5.88 Å². The molecule has 1 aromatic heterocycles. The summed E-state index contributed by atoms with van der Waals surface area (Å²) in [6, 6.07) is 4.85. The Morgan fingerprint density at radius 1 is 1.33 bits per heavy atom. The van der Waals surface area contributed by atoms with Crippen molar-refractivity contribution in [3.63, 3.8) is 0 Å². The minimum absolute atomic E-state index is 0.318. The zero-order valence-electron chi connectivity index (χ0n) is 14.9. The van der Waals surface area contributed by atoms with E-state index in [1.54, 1.807) is 13.3 Å². The van der Waals surface area contributed by atoms with Crippen LogP contribution in [0.1, 0.15) is 24.8 Å². The second-order valence-corrected chi connectivity index (χ2v) is 6.99. The minimum Gasteiger partial charge on any atom is -0.481 e. The molecule has 0 aliphatic carbocycles. The first-order valence-corrected chi connectivity index (χ1v) is 8.76. The lowest BCUT2D eigenvalue weighted by atomic mass is 9.96. The van der Waals surface area contributed by atoms with E-state index in [0.717, 1.165) is 44.6 Å². The van der Waals surface area contributed by atoms with Gasteiger partial charge in [-0.25, -0.2) is 4.98 Å². The molecule has 2 saturated heterocycles. The molecule has 24 heavy (non-hydrogen) atoms. The molecule has 0 N–H and O–H groups in total. The number of ether oxygens (including phenoxy) is 1. The van der Waals surface area contributed by atoms with E-state index in [1.807, 2.05) is 6.07 Å². The number of likely N-dealkylation sites (tertiary alicyclic amines) is 2. The molecule has 0 saturated carbocycles. The summed E-state index contributed by atoms with van der Waals surface area (Å²) in [5.74, 6) is 1.02. The molecule has 132 valence electrons. The van der Waals surface area contributed by atoms with E-state index in [2.05, 4.69) is 39.8 Å². The molecule has 0 spiro atoms. The van der Waals surface area contributed by atoms with Crippen LogP contribution in [0.4, 0.5) is 0 Å². The second-order valence-electron chi connectivity index (χ2n) is 6.99. The van der Waals surface area contributed by atoms with Crippen molar-refractivity contribution in [3.05, 3.63) is 23.9 Å². The van der Waals surface area contributed by atoms with Crippen LogP contribution in [-0.2, 0) is 11.3 Å². The molecule has 6 nitrogen and oxygen atoms in total. The van der Waals surface area contributed by atoms with Crippen LogP contribution < -0.4 is 4.74 Å². The number of nitrogens with zero attached hydrogens (tertiary/aromatic N) is 4. The summed E-state index contributed by atoms with van der Waals surface area (Å²) in [7, 11) is 5.78. The summed E-state index contributed by atoms with van der Waals surface area (Å²) < 4.78 is 5.39. The SMILES string of the molecule is COc1ncccc1CN1CC[C@@H]2[C@H]1CCC(=O)N2CCN(C)C. The Labute approximate surface area is 144 Å². The molecule has 3 rings (SSSR count). The topological polar surface area (TPSA) is 48.9 Å². The van der Waals surface area contributed by atoms with Crippen LogP contribution in [0, 0.1) is 0 Å². The first-order valence-electron chi connectivity index (χ1n) is 8.76. The Bertz CT molecular complexity index is 578. The van der Waals surface area contributed by atoms with Gasteiger partial charge in [0.2, 0.25) is 11.8 Å². The maximum atomic E-state index is 12.4. The van der Waals surface area contributed by atoms with Crippen molar-refractivity contribution in [1.82, 2.24) is 19.7 Å². The molecule has 2 atom stereocenters. The van der Waals surface area contributed by atoms with Gasteiger partial charge in [-0.3, -0.25) is 9.69 Å². The third-order valence-electron chi connectivity index (χ3n) is 5.20. The van der Waals surface area contributed by atoms with E-state index in [9.17, 15) is 4.79 Å². The maximum absolute atomic E-state index is 12.4. The average molecular weight is 332 g/mol. The molecule has 1 amide bonds. The van der Waals surface area contributed by atoms with Gasteiger partial charge in [0, 0.05) is 56.4 Å². The van der Waals surface area contributed by atoms with Gasteiger partial charge in [0.15, 0.2) is 0 Å². The van der Waals surface area contributed by atoms with Crippen molar-refractivity contribution in [2.24, 2.45) is 0 Å². The lowest BCUT2D eigenvalue weighted by molar-refractivity contribution is -0.137. The predicted octanol–water partition coefficient (Wildman–Crippen LogP) is 1.22. The molecule has 2 aliphatic heterocycles. The zero-order valence-corrected chi connectivity index (χ0v) is 14.9. The summed E-state index contributed by atoms with van der Waals surface area (Å²) in [6.45, 7) is 3.62. The second kappa shape index (κ2) is 7.49. The van der Waals surface area contributed by atoms with E-state index in [1.165, 1.54) is 0 Å². The number of rotatable bonds is 6. The smallest absolute Gasteiger partial charge is 0.222 e. The van der Waals surface area contributed by atoms with Gasteiger partial charge in [-0.05, 0) is 33.0 Å². The first-order chi connectivity index (χ1) is 11.6. The lowest BCUT2D eigenvalue weighted by Gasteiger charge is -2.40. The van der Waals surface area contributed by atoms with Gasteiger partial charge in [-0.1, -0.05) is 6.07 Å². The van der Waals surface area contributed by atoms with Gasteiger partial charge < -0.3 is 14.5 Å². The average Bonchev–Trinajstić information content (AvgIpc) is 2.97. The van der Waals surface area contributed by atoms with E-state index < -0.39 is 0 Å². The molecule has 0 aromatic carbocycles. The molecule has 0 radical (unpaired) electrons. The number of hydrogen-bond acceptors (Lipinski definition) is 5. The molecule has 1 aromatic rings. The predicted molar refractivity (Wildman–Crippen MR) is 92.9 cm³/mol. The van der Waals surface area contributed by atoms with Crippen LogP contribution in [-0.4, -0.2) is 78.5 Å². The molecule has 2 aliphatic rings. The number of fused-ring (bicyclic) bond motifs is 1. The standard InChI is InChI=1S/C18H28N4O2/c1-20(2)11-12-22-16-8-10-21(15(16)6-7-17(22)23)13-14-5-4-9-19-18(14)24-3/h4-5,9,15-16H,6-8,10-13H2,1-3H3/t15-,16-/m1/s1. The van der Waals surface area contributed by atoms with Crippen molar-refractivity contribution >= 4 is 5.91 Å². The highest BCUT2D eigenvalue weighted by molar-refractivity contribution is 5.77. The van der Waals surface area contributed by atoms with Gasteiger partial charge in [0.1, 0.15) is 0 Å². The Morgan fingerprint density at radius 2 is 2.17 bits per heavy atom. The summed E-state index contributed by atoms with van der Waals surface area (Å²) in [5.41, 5.74) is 1.12. The molecular formula is C18H28N4O2. The van der Waals surface area contributed by atoms with Crippen molar-refractivity contribution in [1.29, 1.82) is 0 Å². The van der Waals surface area contributed by atoms with Crippen molar-refractivity contribution < 1.29 is 9.53 Å². The molecule has 3 heterocycles. The number of piperidine rings is 1. The quantitative estimate of drug-likeness (QED) is 0.784. The highest BCUT2D eigenvalue weighted by Gasteiger charge is 2.42. The Hall–Kier alpha value is -1.66. The Kier molecular flexibility index (Phi) is 5.36. The third-order valence-corrected chi connectivity index (χ3v) is 5.20. The molecular weight excluding hydrogens is 304 g/mol. The number of carbonyl (C=O) groups excluding carboxylic acids is 1. The minimum atomic E-state index is 0.318. The van der Waals surface area contributed by atoms with Crippen LogP contribution in [0.15, 0.2) is 18.3 Å². The fourth-order valence-electron chi connectivity index (χ4n) is 3.98. The zero-order chi connectivity index (χ0) is 17.1. The number of pyridine rings is 1. The van der Waals surface area contributed by atoms with E-state index in [-0.39, 0.29) is 0 Å². The Morgan fingerprint density at radius 3 is 2.92 bits per heavy atom. The summed E-state index contributed by atoms with van der Waals surface area (Å²) in [5, 5.41) is 0. The van der Waals surface area contributed by atoms with Gasteiger partial charge in [0.25, 0.3) is 0 Å². The van der Waals surface area contributed by atoms with Crippen LogP contribution >= 0.6 is 0 Å². The van der Waals surface area contributed by atoms with Crippen LogP contribution in [0.2, 0.25) is 0 Å². The molecule has 2 fully saturated rings. The van der Waals surface area contributed by atoms with E-state index in [0.29, 0.717) is 30.3 Å². The number of methoxy groups -OCH3 is 1. The molecule has 0 bridgehead atoms. The monoisotopic (exact) mass is 332 g/mol. The summed E-state index contributed by atoms with van der Waals surface area (Å²) >= 11 is 0. The largest absolute Gasteiger partial charge is 0.481 e. The number of carbonyl (C=O) groups is 1. The fraction of sp³-hybridized carbons (Fsp3) is 0.667. The summed E-state index contributed by atoms with van der Waals surface area (Å²) in [4.78, 5) is 23.4. The normalized spacial score (nSPS) is 24.5. The number of likely N-dealkylation sites (N-methyl/N-ethyl adjacent to an activating group) is 1. The van der Waals surface area contributed by atoms with Crippen molar-refractivity contribution in [2.45, 2.75) is 37.9 Å². The Balaban J connectivity index is 1.69. The van der Waals surface area contributed by atoms with Gasteiger partial charge in [-0.15, -0.1) is 0 Å². The molecule has 0 unspecified atom stereocenters. The maximum Gasteiger partial charge on any atom is 0.222 e. The van der Waals surface area contributed by atoms with Gasteiger partial charge in [-0.2, -0.15) is 0 Å². The van der Waals surface area contributed by atoms with Gasteiger partial charge >= 0.3 is 0 Å². The van der Waals surface area contributed by atoms with Crippen molar-refractivity contribution in [2.75, 3.05) is 40.8 Å². The number of aromatic nitrogens is 1. The fourth-order valence-corrected chi connectivity index (χ4v) is 3.98. The number of amides is 1. The van der Waals surface area contributed by atoms with E-state index in [4.69, 9.17) is 4.74 Å². The molecule has 6 heteroatoms.